The number of aromatic nitrogens is 1. The number of rotatable bonds is 5. The zero-order valence-corrected chi connectivity index (χ0v) is 15.2. The summed E-state index contributed by atoms with van der Waals surface area (Å²) in [6, 6.07) is 7.80. The van der Waals surface area contributed by atoms with E-state index in [0.29, 0.717) is 21.4 Å². The number of nitrogens with two attached hydrogens (primary N) is 1. The van der Waals surface area contributed by atoms with Gasteiger partial charge in [-0.1, -0.05) is 24.0 Å². The molecule has 0 aliphatic carbocycles. The lowest BCUT2D eigenvalue weighted by Crippen LogP contribution is -2.31. The molecule has 0 aliphatic heterocycles. The molecule has 0 fully saturated rings. The minimum absolute atomic E-state index is 0.142. The normalized spacial score (nSPS) is 11.1. The van der Waals surface area contributed by atoms with Crippen molar-refractivity contribution in [2.75, 3.05) is 16.2 Å². The first-order chi connectivity index (χ1) is 12.2. The van der Waals surface area contributed by atoms with Crippen LogP contribution in [0, 0.1) is 0 Å². The first-order valence-electron chi connectivity index (χ1n) is 7.27. The van der Waals surface area contributed by atoms with Crippen molar-refractivity contribution >= 4 is 45.5 Å². The average molecular weight is 400 g/mol. The Kier molecular flexibility index (Phi) is 6.57. The van der Waals surface area contributed by atoms with Crippen molar-refractivity contribution in [2.24, 2.45) is 5.84 Å². The summed E-state index contributed by atoms with van der Waals surface area (Å²) < 4.78 is 37.9. The monoisotopic (exact) mass is 400 g/mol. The van der Waals surface area contributed by atoms with Gasteiger partial charge in [-0.3, -0.25) is 14.8 Å². The van der Waals surface area contributed by atoms with Crippen LogP contribution >= 0.6 is 24.0 Å². The summed E-state index contributed by atoms with van der Waals surface area (Å²) in [5, 5.41) is 4.23. The maximum Gasteiger partial charge on any atom is 0.416 e. The highest BCUT2D eigenvalue weighted by atomic mass is 32.2. The number of ketones is 1. The molecule has 10 heteroatoms. The number of Topliss-reactive ketones (excluding diaryl/α,β-unsaturated/α-hetero) is 1. The van der Waals surface area contributed by atoms with Crippen molar-refractivity contribution < 1.29 is 18.0 Å². The molecule has 0 amide bonds. The number of hydrazine groups is 1. The number of halogens is 3. The third kappa shape index (κ3) is 5.68. The minimum atomic E-state index is -4.38. The fraction of sp³-hybridized carbons (Fsp3) is 0.188. The summed E-state index contributed by atoms with van der Waals surface area (Å²) in [5.41, 5.74) is 0.664. The topological polar surface area (TPSA) is 71.2 Å². The van der Waals surface area contributed by atoms with Gasteiger partial charge in [0, 0.05) is 12.6 Å². The Labute approximate surface area is 157 Å². The predicted molar refractivity (Wildman–Crippen MR) is 101 cm³/mol. The molecule has 0 radical (unpaired) electrons. The number of carbonyl (C=O) groups is 1. The minimum Gasteiger partial charge on any atom is -0.341 e. The zero-order valence-electron chi connectivity index (χ0n) is 13.6. The lowest BCUT2D eigenvalue weighted by Gasteiger charge is -2.18. The highest BCUT2D eigenvalue weighted by Crippen LogP contribution is 2.30. The van der Waals surface area contributed by atoms with Crippen molar-refractivity contribution in [3.05, 3.63) is 53.9 Å². The molecular weight excluding hydrogens is 385 g/mol. The Bertz CT molecular complexity index is 780. The third-order valence-electron chi connectivity index (χ3n) is 3.23. The van der Waals surface area contributed by atoms with Gasteiger partial charge in [0.15, 0.2) is 5.78 Å². The molecule has 2 aromatic rings. The van der Waals surface area contributed by atoms with E-state index in [9.17, 15) is 18.0 Å². The van der Waals surface area contributed by atoms with Gasteiger partial charge in [0.2, 0.25) is 0 Å². The Hall–Kier alpha value is -2.17. The molecule has 2 rings (SSSR count). The van der Waals surface area contributed by atoms with E-state index in [1.807, 2.05) is 0 Å². The second-order valence-corrected chi connectivity index (χ2v) is 6.81. The lowest BCUT2D eigenvalue weighted by molar-refractivity contribution is -0.137. The second-order valence-electron chi connectivity index (χ2n) is 5.19. The molecule has 1 heterocycles. The fourth-order valence-corrected chi connectivity index (χ4v) is 2.73. The molecule has 1 aromatic heterocycles. The zero-order chi connectivity index (χ0) is 19.3. The first-order valence-corrected chi connectivity index (χ1v) is 8.66. The number of thiocarbonyl (C=S) groups is 1. The van der Waals surface area contributed by atoms with Crippen LogP contribution in [0.4, 0.5) is 24.5 Å². The number of carbonyl (C=O) groups excluding carboxylic acids is 1. The Balaban J connectivity index is 1.87. The van der Waals surface area contributed by atoms with Gasteiger partial charge < -0.3 is 5.32 Å². The summed E-state index contributed by atoms with van der Waals surface area (Å²) in [6.45, 7) is 1.42. The largest absolute Gasteiger partial charge is 0.416 e. The van der Waals surface area contributed by atoms with Gasteiger partial charge in [-0.25, -0.2) is 5.84 Å². The molecule has 0 spiro atoms. The highest BCUT2D eigenvalue weighted by Gasteiger charge is 2.29. The van der Waals surface area contributed by atoms with Crippen LogP contribution in [-0.2, 0) is 6.18 Å². The number of thioether (sulfide) groups is 1. The average Bonchev–Trinajstić information content (AvgIpc) is 2.59. The molecule has 0 aliphatic rings. The SMILES string of the molecule is CC(=O)c1ccc(N(N)CSC(=S)Nc2ccc(C(F)(F)F)cc2)cn1. The van der Waals surface area contributed by atoms with Gasteiger partial charge in [0.1, 0.15) is 10.0 Å². The molecule has 0 unspecified atom stereocenters. The van der Waals surface area contributed by atoms with Gasteiger partial charge >= 0.3 is 6.18 Å². The quantitative estimate of drug-likeness (QED) is 0.258. The van der Waals surface area contributed by atoms with E-state index in [1.165, 1.54) is 42.0 Å². The molecule has 0 atom stereocenters. The number of alkyl halides is 3. The third-order valence-corrected chi connectivity index (χ3v) is 4.46. The molecule has 5 nitrogen and oxygen atoms in total. The number of nitrogens with zero attached hydrogens (tertiary/aromatic N) is 2. The van der Waals surface area contributed by atoms with Crippen LogP contribution in [0.25, 0.3) is 0 Å². The number of nitrogens with one attached hydrogen (secondary N) is 1. The Morgan fingerprint density at radius 1 is 1.27 bits per heavy atom. The van der Waals surface area contributed by atoms with Crippen LogP contribution in [0.2, 0.25) is 0 Å². The van der Waals surface area contributed by atoms with E-state index in [0.717, 1.165) is 12.1 Å². The van der Waals surface area contributed by atoms with E-state index in [2.05, 4.69) is 10.3 Å². The molecule has 1 aromatic carbocycles. The van der Waals surface area contributed by atoms with Gasteiger partial charge in [-0.15, -0.1) is 0 Å². The second kappa shape index (κ2) is 8.47. The standard InChI is InChI=1S/C16H15F3N4OS2/c1-10(24)14-7-6-13(8-21-14)23(20)9-26-15(25)22-12-4-2-11(3-5-12)16(17,18)19/h2-8H,9,20H2,1H3,(H,22,25). The number of hydrogen-bond donors (Lipinski definition) is 2. The molecule has 3 N–H and O–H groups in total. The maximum absolute atomic E-state index is 12.5. The highest BCUT2D eigenvalue weighted by molar-refractivity contribution is 8.23. The lowest BCUT2D eigenvalue weighted by atomic mass is 10.2. The summed E-state index contributed by atoms with van der Waals surface area (Å²) in [4.78, 5) is 15.2. The van der Waals surface area contributed by atoms with E-state index in [4.69, 9.17) is 18.1 Å². The van der Waals surface area contributed by atoms with Crippen LogP contribution in [0.3, 0.4) is 0 Å². The van der Waals surface area contributed by atoms with Gasteiger partial charge in [-0.2, -0.15) is 13.2 Å². The van der Waals surface area contributed by atoms with Crippen LogP contribution in [-0.4, -0.2) is 21.0 Å². The van der Waals surface area contributed by atoms with Gasteiger partial charge in [-0.05, 0) is 36.4 Å². The van der Waals surface area contributed by atoms with Crippen molar-refractivity contribution in [3.63, 3.8) is 0 Å². The van der Waals surface area contributed by atoms with E-state index >= 15 is 0 Å². The van der Waals surface area contributed by atoms with E-state index in [1.54, 1.807) is 12.1 Å². The van der Waals surface area contributed by atoms with Crippen LogP contribution < -0.4 is 16.2 Å². The smallest absolute Gasteiger partial charge is 0.341 e. The molecule has 0 saturated heterocycles. The molecule has 0 saturated carbocycles. The number of hydrogen-bond acceptors (Lipinski definition) is 6. The van der Waals surface area contributed by atoms with Gasteiger partial charge in [0.05, 0.1) is 23.3 Å². The molecule has 0 bridgehead atoms. The number of anilines is 2. The van der Waals surface area contributed by atoms with Crippen molar-refractivity contribution in [2.45, 2.75) is 13.1 Å². The van der Waals surface area contributed by atoms with Crippen LogP contribution in [0.1, 0.15) is 23.0 Å². The summed E-state index contributed by atoms with van der Waals surface area (Å²) in [5.74, 6) is 6.05. The van der Waals surface area contributed by atoms with Crippen molar-refractivity contribution in [1.82, 2.24) is 4.98 Å². The molecule has 26 heavy (non-hydrogen) atoms. The maximum atomic E-state index is 12.5. The van der Waals surface area contributed by atoms with Crippen LogP contribution in [0.15, 0.2) is 42.6 Å². The van der Waals surface area contributed by atoms with Crippen molar-refractivity contribution in [3.8, 4) is 0 Å². The first kappa shape index (κ1) is 20.1. The van der Waals surface area contributed by atoms with Crippen molar-refractivity contribution in [1.29, 1.82) is 0 Å². The Morgan fingerprint density at radius 3 is 2.42 bits per heavy atom. The number of pyridine rings is 1. The predicted octanol–water partition coefficient (Wildman–Crippen LogP) is 4.07. The molecular formula is C16H15F3N4OS2. The summed E-state index contributed by atoms with van der Waals surface area (Å²) in [7, 11) is 0. The summed E-state index contributed by atoms with van der Waals surface area (Å²) in [6.07, 6.45) is -2.90. The van der Waals surface area contributed by atoms with Gasteiger partial charge in [0.25, 0.3) is 0 Å². The van der Waals surface area contributed by atoms with E-state index in [-0.39, 0.29) is 11.7 Å². The fourth-order valence-electron chi connectivity index (χ4n) is 1.86. The Morgan fingerprint density at radius 2 is 1.92 bits per heavy atom. The molecule has 138 valence electrons. The van der Waals surface area contributed by atoms with Crippen LogP contribution in [0.5, 0.6) is 0 Å². The summed E-state index contributed by atoms with van der Waals surface area (Å²) >= 11 is 6.35. The number of benzene rings is 1. The van der Waals surface area contributed by atoms with E-state index < -0.39 is 11.7 Å².